The molecule has 1 N–H and O–H groups in total. The molecule has 3 rings (SSSR count). The molecule has 24 heavy (non-hydrogen) atoms. The molecule has 0 radical (unpaired) electrons. The number of aromatic nitrogens is 3. The highest BCUT2D eigenvalue weighted by Crippen LogP contribution is 2.40. The van der Waals surface area contributed by atoms with Gasteiger partial charge in [-0.1, -0.05) is 6.07 Å². The van der Waals surface area contributed by atoms with E-state index >= 15 is 0 Å². The topological polar surface area (TPSA) is 77.2 Å². The number of rotatable bonds is 6. The Hall–Kier alpha value is -2.58. The van der Waals surface area contributed by atoms with Gasteiger partial charge in [0.2, 0.25) is 5.88 Å². The van der Waals surface area contributed by atoms with Gasteiger partial charge >= 0.3 is 12.1 Å². The number of hydrogen-bond donors (Lipinski definition) is 1. The normalized spacial score (nSPS) is 14.6. The molecule has 1 aliphatic rings. The van der Waals surface area contributed by atoms with E-state index in [9.17, 15) is 23.1 Å². The highest BCUT2D eigenvalue weighted by atomic mass is 19.4. The average Bonchev–Trinajstić information content (AvgIpc) is 3.26. The van der Waals surface area contributed by atoms with Crippen LogP contribution in [0.25, 0.3) is 0 Å². The van der Waals surface area contributed by atoms with Gasteiger partial charge in [-0.2, -0.15) is 18.3 Å². The number of carbonyl (C=O) groups is 1. The largest absolute Gasteiger partial charge is 0.478 e. The monoisotopic (exact) mass is 341 g/mol. The molecular weight excluding hydrogens is 327 g/mol. The summed E-state index contributed by atoms with van der Waals surface area (Å²) in [5.41, 5.74) is 1.45. The van der Waals surface area contributed by atoms with Crippen LogP contribution in [0, 0.1) is 0 Å². The number of nitrogens with zero attached hydrogens (tertiary/aromatic N) is 3. The average molecular weight is 341 g/mol. The third kappa shape index (κ3) is 4.03. The predicted molar refractivity (Wildman–Crippen MR) is 76.1 cm³/mol. The van der Waals surface area contributed by atoms with Gasteiger partial charge in [0.05, 0.1) is 12.2 Å². The highest BCUT2D eigenvalue weighted by molar-refractivity contribution is 5.89. The van der Waals surface area contributed by atoms with Gasteiger partial charge in [-0.05, 0) is 18.4 Å². The van der Waals surface area contributed by atoms with Crippen molar-refractivity contribution in [3.63, 3.8) is 0 Å². The zero-order chi connectivity index (χ0) is 17.3. The van der Waals surface area contributed by atoms with E-state index in [2.05, 4.69) is 14.8 Å². The first-order valence-corrected chi connectivity index (χ1v) is 7.27. The van der Waals surface area contributed by atoms with Crippen LogP contribution in [-0.2, 0) is 6.54 Å². The van der Waals surface area contributed by atoms with E-state index in [1.807, 2.05) is 0 Å². The van der Waals surface area contributed by atoms with Crippen molar-refractivity contribution < 1.29 is 27.8 Å². The van der Waals surface area contributed by atoms with Gasteiger partial charge in [-0.3, -0.25) is 4.68 Å². The maximum atomic E-state index is 12.1. The van der Waals surface area contributed by atoms with Crippen molar-refractivity contribution in [3.8, 4) is 5.88 Å². The van der Waals surface area contributed by atoms with Crippen LogP contribution < -0.4 is 4.74 Å². The van der Waals surface area contributed by atoms with Crippen LogP contribution in [0.15, 0.2) is 24.5 Å². The summed E-state index contributed by atoms with van der Waals surface area (Å²) in [6, 6.07) is 2.90. The number of hydrogen-bond acceptors (Lipinski definition) is 4. The molecular formula is C15H14F3N3O3. The van der Waals surface area contributed by atoms with E-state index in [0.717, 1.165) is 12.8 Å². The maximum Gasteiger partial charge on any atom is 0.422 e. The zero-order valence-electron chi connectivity index (χ0n) is 12.5. The molecule has 0 aliphatic heterocycles. The number of carboxylic acids is 1. The summed E-state index contributed by atoms with van der Waals surface area (Å²) in [6.07, 6.45) is 0.296. The minimum Gasteiger partial charge on any atom is -0.478 e. The molecule has 0 atom stereocenters. The second-order valence-corrected chi connectivity index (χ2v) is 5.61. The smallest absolute Gasteiger partial charge is 0.422 e. The lowest BCUT2D eigenvalue weighted by Crippen LogP contribution is -2.19. The number of ether oxygens (including phenoxy) is 1. The minimum atomic E-state index is -4.41. The number of pyridine rings is 1. The summed E-state index contributed by atoms with van der Waals surface area (Å²) in [7, 11) is 0. The molecule has 0 saturated heterocycles. The molecule has 6 nitrogen and oxygen atoms in total. The molecule has 1 fully saturated rings. The van der Waals surface area contributed by atoms with E-state index in [1.54, 1.807) is 6.07 Å². The van der Waals surface area contributed by atoms with E-state index < -0.39 is 18.8 Å². The van der Waals surface area contributed by atoms with Crippen LogP contribution in [0.3, 0.4) is 0 Å². The Balaban J connectivity index is 1.68. The van der Waals surface area contributed by atoms with Crippen LogP contribution in [0.4, 0.5) is 13.2 Å². The standard InChI is InChI=1S/C15H14F3N3O3/c16-15(17,18)8-24-12-4-1-9(5-19-12)6-21-7-11(14(22)23)13(20-21)10-2-3-10/h1,4-5,7,10H,2-3,6,8H2,(H,22,23). The molecule has 1 aliphatic carbocycles. The second kappa shape index (κ2) is 6.14. The molecule has 0 amide bonds. The van der Waals surface area contributed by atoms with E-state index in [0.29, 0.717) is 11.3 Å². The summed E-state index contributed by atoms with van der Waals surface area (Å²) < 4.78 is 42.3. The van der Waals surface area contributed by atoms with Crippen molar-refractivity contribution in [2.45, 2.75) is 31.5 Å². The molecule has 2 heterocycles. The van der Waals surface area contributed by atoms with Gasteiger partial charge in [0.25, 0.3) is 0 Å². The van der Waals surface area contributed by atoms with Gasteiger partial charge in [0.15, 0.2) is 6.61 Å². The van der Waals surface area contributed by atoms with Crippen LogP contribution in [0.5, 0.6) is 5.88 Å². The number of halogens is 3. The van der Waals surface area contributed by atoms with Crippen LogP contribution in [-0.4, -0.2) is 38.6 Å². The van der Waals surface area contributed by atoms with Crippen molar-refractivity contribution >= 4 is 5.97 Å². The Labute approximate surface area is 134 Å². The van der Waals surface area contributed by atoms with E-state index in [4.69, 9.17) is 0 Å². The summed E-state index contributed by atoms with van der Waals surface area (Å²) in [5.74, 6) is -0.938. The molecule has 128 valence electrons. The third-order valence-electron chi connectivity index (χ3n) is 3.51. The Morgan fingerprint density at radius 3 is 2.67 bits per heavy atom. The quantitative estimate of drug-likeness (QED) is 0.874. The minimum absolute atomic E-state index is 0.124. The fourth-order valence-electron chi connectivity index (χ4n) is 2.27. The first kappa shape index (κ1) is 16.3. The molecule has 2 aromatic heterocycles. The first-order chi connectivity index (χ1) is 11.3. The lowest BCUT2D eigenvalue weighted by molar-refractivity contribution is -0.154. The van der Waals surface area contributed by atoms with Gasteiger partial charge in [-0.15, -0.1) is 0 Å². The Bertz CT molecular complexity index is 737. The molecule has 0 aromatic carbocycles. The van der Waals surface area contributed by atoms with Gasteiger partial charge in [0, 0.05) is 24.4 Å². The Morgan fingerprint density at radius 1 is 1.38 bits per heavy atom. The molecule has 0 spiro atoms. The summed E-state index contributed by atoms with van der Waals surface area (Å²) >= 11 is 0. The maximum absolute atomic E-state index is 12.1. The number of aromatic carboxylic acids is 1. The predicted octanol–water partition coefficient (Wildman–Crippen LogP) is 2.84. The van der Waals surface area contributed by atoms with Crippen molar-refractivity contribution in [2.75, 3.05) is 6.61 Å². The van der Waals surface area contributed by atoms with Gasteiger partial charge in [-0.25, -0.2) is 9.78 Å². The third-order valence-corrected chi connectivity index (χ3v) is 3.51. The van der Waals surface area contributed by atoms with Crippen molar-refractivity contribution in [1.29, 1.82) is 0 Å². The number of carboxylic acid groups (broad SMARTS) is 1. The number of alkyl halides is 3. The van der Waals surface area contributed by atoms with Crippen LogP contribution >= 0.6 is 0 Å². The summed E-state index contributed by atoms with van der Waals surface area (Å²) in [5, 5.41) is 13.5. The van der Waals surface area contributed by atoms with Gasteiger partial charge in [0.1, 0.15) is 5.56 Å². The Morgan fingerprint density at radius 2 is 2.12 bits per heavy atom. The van der Waals surface area contributed by atoms with Crippen LogP contribution in [0.1, 0.15) is 40.4 Å². The summed E-state index contributed by atoms with van der Waals surface area (Å²) in [4.78, 5) is 15.1. The van der Waals surface area contributed by atoms with Crippen LogP contribution in [0.2, 0.25) is 0 Å². The SMILES string of the molecule is O=C(O)c1cn(Cc2ccc(OCC(F)(F)F)nc2)nc1C1CC1. The molecule has 1 saturated carbocycles. The molecule has 0 unspecified atom stereocenters. The van der Waals surface area contributed by atoms with Crippen molar-refractivity contribution in [2.24, 2.45) is 0 Å². The second-order valence-electron chi connectivity index (χ2n) is 5.61. The zero-order valence-corrected chi connectivity index (χ0v) is 12.5. The molecule has 2 aromatic rings. The van der Waals surface area contributed by atoms with Crippen molar-refractivity contribution in [1.82, 2.24) is 14.8 Å². The molecule has 0 bridgehead atoms. The fourth-order valence-corrected chi connectivity index (χ4v) is 2.27. The Kier molecular flexibility index (Phi) is 4.16. The van der Waals surface area contributed by atoms with Gasteiger partial charge < -0.3 is 9.84 Å². The van der Waals surface area contributed by atoms with E-state index in [1.165, 1.54) is 23.1 Å². The fraction of sp³-hybridized carbons (Fsp3) is 0.400. The first-order valence-electron chi connectivity index (χ1n) is 7.27. The highest BCUT2D eigenvalue weighted by Gasteiger charge is 2.31. The van der Waals surface area contributed by atoms with E-state index in [-0.39, 0.29) is 23.9 Å². The lowest BCUT2D eigenvalue weighted by atomic mass is 10.2. The summed E-state index contributed by atoms with van der Waals surface area (Å²) in [6.45, 7) is -1.12. The molecule has 9 heteroatoms. The van der Waals surface area contributed by atoms with Crippen molar-refractivity contribution in [3.05, 3.63) is 41.3 Å². The lowest BCUT2D eigenvalue weighted by Gasteiger charge is -2.08.